The fourth-order valence-corrected chi connectivity index (χ4v) is 1.28. The van der Waals surface area contributed by atoms with Crippen molar-refractivity contribution in [2.45, 2.75) is 6.92 Å². The highest BCUT2D eigenvalue weighted by Gasteiger charge is 2.17. The van der Waals surface area contributed by atoms with Gasteiger partial charge in [0.25, 0.3) is 0 Å². The minimum atomic E-state index is 1.25. The van der Waals surface area contributed by atoms with Gasteiger partial charge in [-0.25, -0.2) is 0 Å². The molecule has 0 saturated heterocycles. The zero-order valence-electron chi connectivity index (χ0n) is 5.96. The van der Waals surface area contributed by atoms with Crippen molar-refractivity contribution in [3.8, 4) is 0 Å². The molecule has 0 fully saturated rings. The summed E-state index contributed by atoms with van der Waals surface area (Å²) < 4.78 is 0. The van der Waals surface area contributed by atoms with Crippen molar-refractivity contribution in [2.24, 2.45) is 0 Å². The van der Waals surface area contributed by atoms with E-state index in [9.17, 15) is 0 Å². The molecule has 0 atom stereocenters. The summed E-state index contributed by atoms with van der Waals surface area (Å²) in [5, 5.41) is 0. The monoisotopic (exact) mass is 131 g/mol. The van der Waals surface area contributed by atoms with E-state index in [1.807, 2.05) is 6.20 Å². The summed E-state index contributed by atoms with van der Waals surface area (Å²) in [6.07, 6.45) is 1.84. The standard InChI is InChI=1S/C9H9N/c1-3-10-8-5-4-7(2)9(10)6-8/h3-6H,1H2,2H3. The quantitative estimate of drug-likeness (QED) is 0.566. The van der Waals surface area contributed by atoms with Gasteiger partial charge >= 0.3 is 0 Å². The van der Waals surface area contributed by atoms with Crippen molar-refractivity contribution in [3.63, 3.8) is 0 Å². The van der Waals surface area contributed by atoms with Gasteiger partial charge in [-0.2, -0.15) is 0 Å². The van der Waals surface area contributed by atoms with Crippen molar-refractivity contribution >= 4 is 11.4 Å². The van der Waals surface area contributed by atoms with Crippen molar-refractivity contribution in [2.75, 3.05) is 4.90 Å². The molecule has 2 aliphatic rings. The molecule has 10 heavy (non-hydrogen) atoms. The average Bonchev–Trinajstić information content (AvgIpc) is 1.87. The molecular formula is C9H9N. The third-order valence-electron chi connectivity index (χ3n) is 1.91. The highest BCUT2D eigenvalue weighted by atomic mass is 15.2. The smallest absolute Gasteiger partial charge is 0.0505 e. The molecule has 0 aromatic heterocycles. The third kappa shape index (κ3) is 0.474. The number of hydrogen-bond donors (Lipinski definition) is 0. The van der Waals surface area contributed by atoms with E-state index in [2.05, 4.69) is 36.6 Å². The van der Waals surface area contributed by atoms with Crippen LogP contribution < -0.4 is 4.90 Å². The van der Waals surface area contributed by atoms with Crippen LogP contribution in [0.4, 0.5) is 11.4 Å². The molecule has 0 aliphatic carbocycles. The number of nitrogens with zero attached hydrogens (tertiary/aromatic N) is 1. The number of anilines is 2. The first kappa shape index (κ1) is 5.54. The Labute approximate surface area is 60.6 Å². The third-order valence-corrected chi connectivity index (χ3v) is 1.91. The molecule has 3 rings (SSSR count). The van der Waals surface area contributed by atoms with E-state index in [4.69, 9.17) is 0 Å². The van der Waals surface area contributed by atoms with Gasteiger partial charge in [0, 0.05) is 11.9 Å². The van der Waals surface area contributed by atoms with Gasteiger partial charge < -0.3 is 4.90 Å². The predicted molar refractivity (Wildman–Crippen MR) is 43.5 cm³/mol. The van der Waals surface area contributed by atoms with E-state index in [0.717, 1.165) is 0 Å². The van der Waals surface area contributed by atoms with Crippen LogP contribution in [0.1, 0.15) is 5.56 Å². The second kappa shape index (κ2) is 1.63. The van der Waals surface area contributed by atoms with Crippen LogP contribution in [0, 0.1) is 6.92 Å². The average molecular weight is 131 g/mol. The maximum Gasteiger partial charge on any atom is 0.0505 e. The minimum Gasteiger partial charge on any atom is -0.317 e. The maximum absolute atomic E-state index is 3.72. The maximum atomic E-state index is 3.72. The molecule has 0 radical (unpaired) electrons. The molecule has 50 valence electrons. The summed E-state index contributed by atoms with van der Waals surface area (Å²) in [5.41, 5.74) is 3.85. The zero-order valence-corrected chi connectivity index (χ0v) is 5.96. The van der Waals surface area contributed by atoms with E-state index in [0.29, 0.717) is 0 Å². The molecule has 2 bridgehead atoms. The molecule has 2 aliphatic heterocycles. The molecule has 1 aromatic carbocycles. The van der Waals surface area contributed by atoms with Crippen LogP contribution in [-0.2, 0) is 0 Å². The molecule has 0 amide bonds. The Morgan fingerprint density at radius 1 is 1.50 bits per heavy atom. The number of aryl methyl sites for hydroxylation is 1. The number of benzene rings is 1. The summed E-state index contributed by atoms with van der Waals surface area (Å²) in [6, 6.07) is 6.39. The van der Waals surface area contributed by atoms with Gasteiger partial charge in [-0.3, -0.25) is 0 Å². The molecule has 1 heteroatoms. The normalized spacial score (nSPS) is 12.7. The van der Waals surface area contributed by atoms with Gasteiger partial charge in [-0.15, -0.1) is 0 Å². The summed E-state index contributed by atoms with van der Waals surface area (Å²) in [4.78, 5) is 2.09. The van der Waals surface area contributed by atoms with Gasteiger partial charge in [0.05, 0.1) is 5.69 Å². The lowest BCUT2D eigenvalue weighted by atomic mass is 10.1. The van der Waals surface area contributed by atoms with E-state index in [1.165, 1.54) is 16.9 Å². The van der Waals surface area contributed by atoms with Crippen LogP contribution in [0.15, 0.2) is 31.0 Å². The van der Waals surface area contributed by atoms with Gasteiger partial charge in [-0.1, -0.05) is 12.6 Å². The SMILES string of the molecule is C=CN1c2ccc(C)c1c2. The Hall–Kier alpha value is -1.24. The molecule has 0 saturated carbocycles. The Bertz CT molecular complexity index is 285. The first-order valence-electron chi connectivity index (χ1n) is 3.35. The van der Waals surface area contributed by atoms with Gasteiger partial charge in [0.2, 0.25) is 0 Å². The van der Waals surface area contributed by atoms with Crippen LogP contribution in [0.2, 0.25) is 0 Å². The fourth-order valence-electron chi connectivity index (χ4n) is 1.28. The summed E-state index contributed by atoms with van der Waals surface area (Å²) >= 11 is 0. The lowest BCUT2D eigenvalue weighted by Gasteiger charge is -2.31. The topological polar surface area (TPSA) is 3.24 Å². The van der Waals surface area contributed by atoms with Crippen LogP contribution in [0.5, 0.6) is 0 Å². The van der Waals surface area contributed by atoms with Crippen molar-refractivity contribution in [1.82, 2.24) is 0 Å². The molecule has 1 aromatic rings. The van der Waals surface area contributed by atoms with Crippen LogP contribution >= 0.6 is 0 Å². The Morgan fingerprint density at radius 2 is 2.30 bits per heavy atom. The number of hydrogen-bond acceptors (Lipinski definition) is 1. The number of rotatable bonds is 1. The van der Waals surface area contributed by atoms with Crippen molar-refractivity contribution < 1.29 is 0 Å². The summed E-state index contributed by atoms with van der Waals surface area (Å²) in [6.45, 7) is 5.82. The van der Waals surface area contributed by atoms with Crippen LogP contribution in [-0.4, -0.2) is 0 Å². The highest BCUT2D eigenvalue weighted by Crippen LogP contribution is 2.39. The fraction of sp³-hybridized carbons (Fsp3) is 0.111. The van der Waals surface area contributed by atoms with Gasteiger partial charge in [-0.05, 0) is 24.6 Å². The van der Waals surface area contributed by atoms with Crippen molar-refractivity contribution in [1.29, 1.82) is 0 Å². The molecular weight excluding hydrogens is 122 g/mol. The van der Waals surface area contributed by atoms with Crippen molar-refractivity contribution in [3.05, 3.63) is 36.5 Å². The predicted octanol–water partition coefficient (Wildman–Crippen LogP) is 2.59. The summed E-state index contributed by atoms with van der Waals surface area (Å²) in [5.74, 6) is 0. The first-order chi connectivity index (χ1) is 4.83. The van der Waals surface area contributed by atoms with Gasteiger partial charge in [0.15, 0.2) is 0 Å². The first-order valence-corrected chi connectivity index (χ1v) is 3.35. The lowest BCUT2D eigenvalue weighted by molar-refractivity contribution is 1.18. The second-order valence-corrected chi connectivity index (χ2v) is 2.52. The minimum absolute atomic E-state index is 1.25. The highest BCUT2D eigenvalue weighted by molar-refractivity contribution is 5.81. The summed E-state index contributed by atoms with van der Waals surface area (Å²) in [7, 11) is 0. The largest absolute Gasteiger partial charge is 0.317 e. The van der Waals surface area contributed by atoms with Crippen LogP contribution in [0.3, 0.4) is 0 Å². The number of fused-ring (bicyclic) bond motifs is 2. The Kier molecular flexibility index (Phi) is 0.901. The zero-order chi connectivity index (χ0) is 7.14. The van der Waals surface area contributed by atoms with E-state index in [-0.39, 0.29) is 0 Å². The molecule has 0 unspecified atom stereocenters. The second-order valence-electron chi connectivity index (χ2n) is 2.52. The van der Waals surface area contributed by atoms with Gasteiger partial charge in [0.1, 0.15) is 0 Å². The van der Waals surface area contributed by atoms with E-state index < -0.39 is 0 Å². The van der Waals surface area contributed by atoms with E-state index in [1.54, 1.807) is 0 Å². The Morgan fingerprint density at radius 3 is 2.70 bits per heavy atom. The van der Waals surface area contributed by atoms with Crippen LogP contribution in [0.25, 0.3) is 0 Å². The van der Waals surface area contributed by atoms with E-state index >= 15 is 0 Å². The Balaban J connectivity index is 2.56. The molecule has 1 nitrogen and oxygen atoms in total. The molecule has 0 spiro atoms. The molecule has 0 N–H and O–H groups in total. The molecule has 2 heterocycles. The lowest BCUT2D eigenvalue weighted by Crippen LogP contribution is -2.16.